The van der Waals surface area contributed by atoms with Gasteiger partial charge in [-0.05, 0) is 19.3 Å². The van der Waals surface area contributed by atoms with E-state index in [1.54, 1.807) is 0 Å². The van der Waals surface area contributed by atoms with Crippen molar-refractivity contribution in [3.8, 4) is 0 Å². The minimum atomic E-state index is -2.55. The molecule has 0 aliphatic carbocycles. The van der Waals surface area contributed by atoms with Gasteiger partial charge in [0.2, 0.25) is 0 Å². The van der Waals surface area contributed by atoms with E-state index in [1.807, 2.05) is 6.92 Å². The summed E-state index contributed by atoms with van der Waals surface area (Å²) < 4.78 is 9.49. The van der Waals surface area contributed by atoms with E-state index in [2.05, 4.69) is 0 Å². The van der Waals surface area contributed by atoms with E-state index in [0.29, 0.717) is 19.3 Å². The molecule has 19 heavy (non-hydrogen) atoms. The molecule has 1 aliphatic rings. The molecule has 0 amide bonds. The van der Waals surface area contributed by atoms with Gasteiger partial charge in [-0.3, -0.25) is 9.59 Å². The van der Waals surface area contributed by atoms with E-state index >= 15 is 0 Å². The lowest BCUT2D eigenvalue weighted by molar-refractivity contribution is -0.361. The number of cyclic esters (lactones) is 2. The van der Waals surface area contributed by atoms with E-state index in [0.717, 1.165) is 12.8 Å². The van der Waals surface area contributed by atoms with E-state index in [4.69, 9.17) is 9.47 Å². The van der Waals surface area contributed by atoms with Crippen LogP contribution in [0.1, 0.15) is 58.3 Å². The highest BCUT2D eigenvalue weighted by atomic mass is 16.8. The van der Waals surface area contributed by atoms with Crippen LogP contribution in [-0.4, -0.2) is 34.2 Å². The number of aliphatic hydroxyl groups excluding tert-OH is 1. The third-order valence-corrected chi connectivity index (χ3v) is 3.03. The highest BCUT2D eigenvalue weighted by Crippen LogP contribution is 2.23. The number of hydrogen-bond donors (Lipinski definition) is 2. The Hall–Kier alpha value is -1.14. The Morgan fingerprint density at radius 1 is 1.16 bits per heavy atom. The third kappa shape index (κ3) is 5.16. The van der Waals surface area contributed by atoms with E-state index < -0.39 is 24.0 Å². The summed E-state index contributed by atoms with van der Waals surface area (Å²) in [6.45, 7) is 2.00. The molecule has 0 aromatic heterocycles. The number of unbranched alkanes of at least 4 members (excludes halogenated alkanes) is 2. The van der Waals surface area contributed by atoms with Gasteiger partial charge in [0.15, 0.2) is 6.10 Å². The van der Waals surface area contributed by atoms with Crippen molar-refractivity contribution in [1.82, 2.24) is 0 Å². The van der Waals surface area contributed by atoms with E-state index in [-0.39, 0.29) is 19.3 Å². The zero-order valence-corrected chi connectivity index (χ0v) is 11.3. The number of aliphatic hydroxyl groups is 2. The highest BCUT2D eigenvalue weighted by Gasteiger charge is 2.44. The monoisotopic (exact) mass is 274 g/mol. The number of rotatable bonds is 5. The SMILES string of the molecule is CCCCCC(O)C1(O)OC(=O)CCCCC(=O)O1. The van der Waals surface area contributed by atoms with Crippen LogP contribution in [0.15, 0.2) is 0 Å². The second kappa shape index (κ2) is 7.45. The lowest BCUT2D eigenvalue weighted by atomic mass is 10.1. The normalized spacial score (nSPS) is 21.6. The summed E-state index contributed by atoms with van der Waals surface area (Å²) in [6.07, 6.45) is 2.43. The topological polar surface area (TPSA) is 93.1 Å². The number of esters is 2. The van der Waals surface area contributed by atoms with Crippen LogP contribution in [0.4, 0.5) is 0 Å². The van der Waals surface area contributed by atoms with Crippen LogP contribution < -0.4 is 0 Å². The van der Waals surface area contributed by atoms with E-state index in [9.17, 15) is 19.8 Å². The van der Waals surface area contributed by atoms with Crippen molar-refractivity contribution in [2.24, 2.45) is 0 Å². The highest BCUT2D eigenvalue weighted by molar-refractivity contribution is 5.72. The largest absolute Gasteiger partial charge is 0.401 e. The van der Waals surface area contributed by atoms with Gasteiger partial charge in [0.25, 0.3) is 0 Å². The minimum absolute atomic E-state index is 0.0978. The summed E-state index contributed by atoms with van der Waals surface area (Å²) in [4.78, 5) is 22.9. The molecule has 0 radical (unpaired) electrons. The first-order valence-electron chi connectivity index (χ1n) is 6.82. The fourth-order valence-electron chi connectivity index (χ4n) is 1.89. The molecule has 1 fully saturated rings. The van der Waals surface area contributed by atoms with Crippen LogP contribution in [0.3, 0.4) is 0 Å². The molecular formula is C13H22O6. The van der Waals surface area contributed by atoms with Crippen molar-refractivity contribution in [1.29, 1.82) is 0 Å². The first kappa shape index (κ1) is 15.9. The summed E-state index contributed by atoms with van der Waals surface area (Å²) in [6, 6.07) is 0. The van der Waals surface area contributed by atoms with Gasteiger partial charge < -0.3 is 19.7 Å². The second-order valence-corrected chi connectivity index (χ2v) is 4.80. The first-order valence-corrected chi connectivity index (χ1v) is 6.82. The molecule has 0 saturated carbocycles. The van der Waals surface area contributed by atoms with Gasteiger partial charge in [0.1, 0.15) is 0 Å². The molecule has 1 aliphatic heterocycles. The van der Waals surface area contributed by atoms with Crippen LogP contribution >= 0.6 is 0 Å². The summed E-state index contributed by atoms with van der Waals surface area (Å²) in [5, 5.41) is 20.0. The fourth-order valence-corrected chi connectivity index (χ4v) is 1.89. The smallest absolute Gasteiger partial charge is 0.396 e. The molecular weight excluding hydrogens is 252 g/mol. The van der Waals surface area contributed by atoms with Gasteiger partial charge in [0.05, 0.1) is 0 Å². The molecule has 6 heteroatoms. The van der Waals surface area contributed by atoms with Crippen LogP contribution in [0, 0.1) is 0 Å². The predicted octanol–water partition coefficient (Wildman–Crippen LogP) is 1.23. The van der Waals surface area contributed by atoms with Crippen molar-refractivity contribution >= 4 is 11.9 Å². The van der Waals surface area contributed by atoms with Crippen molar-refractivity contribution < 1.29 is 29.3 Å². The van der Waals surface area contributed by atoms with Crippen molar-refractivity contribution in [3.63, 3.8) is 0 Å². The second-order valence-electron chi connectivity index (χ2n) is 4.80. The molecule has 1 unspecified atom stereocenters. The third-order valence-electron chi connectivity index (χ3n) is 3.03. The number of carbonyl (C=O) groups excluding carboxylic acids is 2. The maximum absolute atomic E-state index is 11.5. The summed E-state index contributed by atoms with van der Waals surface area (Å²) in [7, 11) is 0. The molecule has 0 aromatic rings. The Balaban J connectivity index is 2.69. The molecule has 0 bridgehead atoms. The number of ether oxygens (including phenoxy) is 2. The molecule has 1 atom stereocenters. The molecule has 1 saturated heterocycles. The molecule has 1 heterocycles. The standard InChI is InChI=1S/C13H22O6/c1-2-3-4-7-10(14)13(17)18-11(15)8-5-6-9-12(16)19-13/h10,14,17H,2-9H2,1H3. The fraction of sp³-hybridized carbons (Fsp3) is 0.846. The van der Waals surface area contributed by atoms with Crippen molar-refractivity contribution in [2.75, 3.05) is 0 Å². The van der Waals surface area contributed by atoms with Gasteiger partial charge in [-0.2, -0.15) is 0 Å². The van der Waals surface area contributed by atoms with Crippen LogP contribution in [-0.2, 0) is 19.1 Å². The lowest BCUT2D eigenvalue weighted by Gasteiger charge is -2.30. The molecule has 110 valence electrons. The Kier molecular flexibility index (Phi) is 6.24. The zero-order valence-electron chi connectivity index (χ0n) is 11.3. The Labute approximate surface area is 112 Å². The molecule has 1 rings (SSSR count). The van der Waals surface area contributed by atoms with Crippen LogP contribution in [0.2, 0.25) is 0 Å². The molecule has 0 aromatic carbocycles. The van der Waals surface area contributed by atoms with Gasteiger partial charge >= 0.3 is 17.9 Å². The molecule has 6 nitrogen and oxygen atoms in total. The maximum Gasteiger partial charge on any atom is 0.401 e. The molecule has 0 spiro atoms. The average molecular weight is 274 g/mol. The van der Waals surface area contributed by atoms with Gasteiger partial charge in [-0.15, -0.1) is 0 Å². The van der Waals surface area contributed by atoms with Crippen LogP contribution in [0.25, 0.3) is 0 Å². The first-order chi connectivity index (χ1) is 8.98. The Morgan fingerprint density at radius 3 is 2.16 bits per heavy atom. The van der Waals surface area contributed by atoms with Crippen LogP contribution in [0.5, 0.6) is 0 Å². The quantitative estimate of drug-likeness (QED) is 0.578. The number of carbonyl (C=O) groups is 2. The van der Waals surface area contributed by atoms with Gasteiger partial charge in [-0.1, -0.05) is 26.2 Å². The average Bonchev–Trinajstić information content (AvgIpc) is 2.39. The summed E-state index contributed by atoms with van der Waals surface area (Å²) in [5.74, 6) is -3.90. The molecule has 2 N–H and O–H groups in total. The summed E-state index contributed by atoms with van der Waals surface area (Å²) >= 11 is 0. The number of hydrogen-bond acceptors (Lipinski definition) is 6. The van der Waals surface area contributed by atoms with Gasteiger partial charge in [0, 0.05) is 12.8 Å². The van der Waals surface area contributed by atoms with Gasteiger partial charge in [-0.25, -0.2) is 0 Å². The lowest BCUT2D eigenvalue weighted by Crippen LogP contribution is -2.49. The van der Waals surface area contributed by atoms with Crippen molar-refractivity contribution in [3.05, 3.63) is 0 Å². The zero-order chi connectivity index (χ0) is 14.3. The summed E-state index contributed by atoms with van der Waals surface area (Å²) in [5.41, 5.74) is 0. The maximum atomic E-state index is 11.5. The Morgan fingerprint density at radius 2 is 1.68 bits per heavy atom. The van der Waals surface area contributed by atoms with Crippen molar-refractivity contribution in [2.45, 2.75) is 70.4 Å². The minimum Gasteiger partial charge on any atom is -0.396 e. The predicted molar refractivity (Wildman–Crippen MR) is 65.8 cm³/mol. The van der Waals surface area contributed by atoms with E-state index in [1.165, 1.54) is 0 Å². The Bertz CT molecular complexity index is 294.